The summed E-state index contributed by atoms with van der Waals surface area (Å²) in [5.74, 6) is -1.93. The highest BCUT2D eigenvalue weighted by Gasteiger charge is 2.53. The minimum atomic E-state index is -1.13. The van der Waals surface area contributed by atoms with Crippen LogP contribution in [-0.2, 0) is 42.7 Å². The molecule has 4 unspecified atom stereocenters. The normalized spacial score (nSPS) is 34.2. The second-order valence-electron chi connectivity index (χ2n) is 10.5. The molecule has 0 radical (unpaired) electrons. The molecular formula is C30H44O10. The Morgan fingerprint density at radius 2 is 1.55 bits per heavy atom. The van der Waals surface area contributed by atoms with Gasteiger partial charge in [-0.15, -0.1) is 0 Å². The standard InChI is InChI=1S/C30H44O10/c1-8-10-16-35-26-18(4)24(22(9-2)37-29(26)36-20(6)32)40-30-27(38-28(33)21-14-12-11-13-15-21)25(34-7)17(3)23(39-30)19(5)31/h11-15,17-18,22-27,29-30H,8-10,16H2,1-7H3/t17-,18-,22?,23?,24-,25+,26?,27?,29-,30-/m0/s1. The minimum Gasteiger partial charge on any atom is -0.451 e. The number of hydrogen-bond donors (Lipinski definition) is 0. The fourth-order valence-corrected chi connectivity index (χ4v) is 5.43. The zero-order valence-electron chi connectivity index (χ0n) is 24.6. The Morgan fingerprint density at radius 3 is 2.12 bits per heavy atom. The highest BCUT2D eigenvalue weighted by Crippen LogP contribution is 2.37. The van der Waals surface area contributed by atoms with Crippen LogP contribution in [0, 0.1) is 11.8 Å². The van der Waals surface area contributed by atoms with Crippen LogP contribution < -0.4 is 0 Å². The van der Waals surface area contributed by atoms with E-state index < -0.39 is 67.1 Å². The van der Waals surface area contributed by atoms with E-state index in [1.54, 1.807) is 30.3 Å². The van der Waals surface area contributed by atoms with E-state index in [4.69, 9.17) is 33.2 Å². The lowest BCUT2D eigenvalue weighted by molar-refractivity contribution is -0.340. The van der Waals surface area contributed by atoms with Crippen LogP contribution >= 0.6 is 0 Å². The van der Waals surface area contributed by atoms with Crippen LogP contribution in [-0.4, -0.2) is 80.6 Å². The number of Topliss-reactive ketones (excluding diaryl/α,β-unsaturated/α-hetero) is 1. The van der Waals surface area contributed by atoms with Crippen LogP contribution in [0.4, 0.5) is 0 Å². The Labute approximate surface area is 236 Å². The van der Waals surface area contributed by atoms with Crippen LogP contribution in [0.15, 0.2) is 30.3 Å². The van der Waals surface area contributed by atoms with E-state index in [0.717, 1.165) is 12.8 Å². The van der Waals surface area contributed by atoms with E-state index >= 15 is 0 Å². The number of rotatable bonds is 12. The summed E-state index contributed by atoms with van der Waals surface area (Å²) in [6.07, 6.45) is -3.88. The minimum absolute atomic E-state index is 0.188. The lowest BCUT2D eigenvalue weighted by atomic mass is 9.87. The molecule has 0 spiro atoms. The molecule has 0 saturated carbocycles. The topological polar surface area (TPSA) is 116 Å². The molecule has 2 fully saturated rings. The first-order chi connectivity index (χ1) is 19.1. The lowest BCUT2D eigenvalue weighted by Crippen LogP contribution is -2.62. The maximum Gasteiger partial charge on any atom is 0.338 e. The third-order valence-electron chi connectivity index (χ3n) is 7.56. The maximum atomic E-state index is 13.1. The molecule has 40 heavy (non-hydrogen) atoms. The number of methoxy groups -OCH3 is 1. The molecule has 0 aliphatic carbocycles. The Balaban J connectivity index is 1.92. The van der Waals surface area contributed by atoms with Crippen molar-refractivity contribution in [3.63, 3.8) is 0 Å². The highest BCUT2D eigenvalue weighted by atomic mass is 16.8. The van der Waals surface area contributed by atoms with Crippen LogP contribution in [0.3, 0.4) is 0 Å². The van der Waals surface area contributed by atoms with Gasteiger partial charge in [0.15, 0.2) is 18.2 Å². The SMILES string of the molecule is CCCCOC1[C@@H](OC(C)=O)OC(CC)[C@@H](O[C@@H]2OC(C(C)=O)[C@H](C)[C@@H](OC)C2OC(=O)c2ccccc2)[C@@H]1C. The first-order valence-corrected chi connectivity index (χ1v) is 14.2. The van der Waals surface area contributed by atoms with Crippen molar-refractivity contribution in [2.24, 2.45) is 11.8 Å². The van der Waals surface area contributed by atoms with Gasteiger partial charge in [-0.2, -0.15) is 0 Å². The number of hydrogen-bond acceptors (Lipinski definition) is 10. The quantitative estimate of drug-likeness (QED) is 0.272. The molecule has 0 N–H and O–H groups in total. The third kappa shape index (κ3) is 7.67. The fraction of sp³-hybridized carbons (Fsp3) is 0.700. The molecule has 1 aromatic carbocycles. The molecule has 3 rings (SSSR count). The molecule has 10 atom stereocenters. The van der Waals surface area contributed by atoms with Gasteiger partial charge in [0.05, 0.1) is 17.8 Å². The Kier molecular flexibility index (Phi) is 12.1. The van der Waals surface area contributed by atoms with Gasteiger partial charge in [-0.1, -0.05) is 52.3 Å². The molecule has 0 amide bonds. The predicted octanol–water partition coefficient (Wildman–Crippen LogP) is 4.08. The van der Waals surface area contributed by atoms with Gasteiger partial charge >= 0.3 is 11.9 Å². The monoisotopic (exact) mass is 564 g/mol. The Bertz CT molecular complexity index is 968. The number of carbonyl (C=O) groups excluding carboxylic acids is 3. The van der Waals surface area contributed by atoms with E-state index in [0.29, 0.717) is 18.6 Å². The number of carbonyl (C=O) groups is 3. The number of ketones is 1. The summed E-state index contributed by atoms with van der Waals surface area (Å²) in [6, 6.07) is 8.61. The summed E-state index contributed by atoms with van der Waals surface area (Å²) >= 11 is 0. The summed E-state index contributed by atoms with van der Waals surface area (Å²) in [5, 5.41) is 0. The Hall–Kier alpha value is -2.37. The van der Waals surface area contributed by atoms with E-state index in [-0.39, 0.29) is 11.7 Å². The molecule has 224 valence electrons. The van der Waals surface area contributed by atoms with Gasteiger partial charge in [0.25, 0.3) is 0 Å². The maximum absolute atomic E-state index is 13.1. The van der Waals surface area contributed by atoms with Crippen molar-refractivity contribution in [2.75, 3.05) is 13.7 Å². The molecule has 1 aromatic rings. The third-order valence-corrected chi connectivity index (χ3v) is 7.56. The summed E-state index contributed by atoms with van der Waals surface area (Å²) in [6.45, 7) is 11.0. The van der Waals surface area contributed by atoms with E-state index in [2.05, 4.69) is 6.92 Å². The van der Waals surface area contributed by atoms with Gasteiger partial charge in [0, 0.05) is 32.5 Å². The van der Waals surface area contributed by atoms with Crippen molar-refractivity contribution in [1.82, 2.24) is 0 Å². The van der Waals surface area contributed by atoms with Crippen molar-refractivity contribution < 1.29 is 47.5 Å². The molecule has 0 bridgehead atoms. The van der Waals surface area contributed by atoms with Gasteiger partial charge < -0.3 is 33.2 Å². The number of esters is 2. The van der Waals surface area contributed by atoms with Crippen LogP contribution in [0.25, 0.3) is 0 Å². The summed E-state index contributed by atoms with van der Waals surface area (Å²) in [4.78, 5) is 37.5. The van der Waals surface area contributed by atoms with Crippen molar-refractivity contribution in [3.05, 3.63) is 35.9 Å². The average molecular weight is 565 g/mol. The van der Waals surface area contributed by atoms with E-state index in [1.807, 2.05) is 20.8 Å². The summed E-state index contributed by atoms with van der Waals surface area (Å²) < 4.78 is 42.3. The smallest absolute Gasteiger partial charge is 0.338 e. The zero-order valence-corrected chi connectivity index (χ0v) is 24.6. The van der Waals surface area contributed by atoms with Crippen molar-refractivity contribution in [1.29, 1.82) is 0 Å². The molecule has 10 nitrogen and oxygen atoms in total. The molecule has 2 aliphatic heterocycles. The van der Waals surface area contributed by atoms with Gasteiger partial charge in [-0.05, 0) is 31.9 Å². The number of unbranched alkanes of at least 4 members (excludes halogenated alkanes) is 1. The first-order valence-electron chi connectivity index (χ1n) is 14.2. The Morgan fingerprint density at radius 1 is 0.850 bits per heavy atom. The molecular weight excluding hydrogens is 520 g/mol. The lowest BCUT2D eigenvalue weighted by Gasteiger charge is -2.48. The van der Waals surface area contributed by atoms with Gasteiger partial charge in [-0.25, -0.2) is 4.79 Å². The first kappa shape index (κ1) is 32.1. The number of benzene rings is 1. The van der Waals surface area contributed by atoms with Crippen LogP contribution in [0.1, 0.15) is 71.2 Å². The fourth-order valence-electron chi connectivity index (χ4n) is 5.43. The second kappa shape index (κ2) is 15.0. The average Bonchev–Trinajstić information content (AvgIpc) is 2.92. The largest absolute Gasteiger partial charge is 0.451 e. The molecule has 2 heterocycles. The predicted molar refractivity (Wildman–Crippen MR) is 144 cm³/mol. The number of ether oxygens (including phenoxy) is 7. The molecule has 2 aliphatic rings. The summed E-state index contributed by atoms with van der Waals surface area (Å²) in [5.41, 5.74) is 0.367. The second-order valence-corrected chi connectivity index (χ2v) is 10.5. The van der Waals surface area contributed by atoms with Gasteiger partial charge in [0.1, 0.15) is 18.3 Å². The zero-order chi connectivity index (χ0) is 29.4. The van der Waals surface area contributed by atoms with Crippen molar-refractivity contribution >= 4 is 17.7 Å². The highest BCUT2D eigenvalue weighted by molar-refractivity contribution is 5.89. The van der Waals surface area contributed by atoms with Crippen molar-refractivity contribution in [2.45, 2.75) is 110 Å². The van der Waals surface area contributed by atoms with Crippen molar-refractivity contribution in [3.8, 4) is 0 Å². The molecule has 10 heteroatoms. The summed E-state index contributed by atoms with van der Waals surface area (Å²) in [7, 11) is 1.51. The van der Waals surface area contributed by atoms with Gasteiger partial charge in [0.2, 0.25) is 6.29 Å². The van der Waals surface area contributed by atoms with E-state index in [9.17, 15) is 14.4 Å². The molecule has 0 aromatic heterocycles. The van der Waals surface area contributed by atoms with Crippen LogP contribution in [0.2, 0.25) is 0 Å². The van der Waals surface area contributed by atoms with E-state index in [1.165, 1.54) is 21.0 Å². The van der Waals surface area contributed by atoms with Gasteiger partial charge in [-0.3, -0.25) is 9.59 Å². The molecule has 2 saturated heterocycles. The van der Waals surface area contributed by atoms with Crippen LogP contribution in [0.5, 0.6) is 0 Å².